The number of amides is 1. The average Bonchev–Trinajstić information content (AvgIpc) is 2.85. The van der Waals surface area contributed by atoms with E-state index in [-0.39, 0.29) is 11.8 Å². The molecule has 4 rings (SSSR count). The van der Waals surface area contributed by atoms with Gasteiger partial charge in [-0.15, -0.1) is 0 Å². The van der Waals surface area contributed by atoms with Crippen LogP contribution < -0.4 is 5.73 Å². The van der Waals surface area contributed by atoms with Gasteiger partial charge in [0.25, 0.3) is 0 Å². The van der Waals surface area contributed by atoms with Gasteiger partial charge in [-0.3, -0.25) is 14.1 Å². The van der Waals surface area contributed by atoms with Gasteiger partial charge in [0.1, 0.15) is 15.9 Å². The molecule has 2 atom stereocenters. The number of imidazole rings is 1. The van der Waals surface area contributed by atoms with Crippen LogP contribution >= 0.6 is 15.9 Å². The minimum Gasteiger partial charge on any atom is -0.382 e. The third-order valence-corrected chi connectivity index (χ3v) is 5.44. The lowest BCUT2D eigenvalue weighted by Gasteiger charge is -2.44. The van der Waals surface area contributed by atoms with Gasteiger partial charge in [-0.2, -0.15) is 0 Å². The molecular weight excluding hydrogens is 360 g/mol. The second-order valence-corrected chi connectivity index (χ2v) is 7.21. The van der Waals surface area contributed by atoms with E-state index in [0.717, 1.165) is 37.3 Å². The Bertz CT molecular complexity index is 775. The Kier molecular flexibility index (Phi) is 3.53. The number of halogens is 1. The van der Waals surface area contributed by atoms with Crippen LogP contribution in [0.15, 0.2) is 17.0 Å². The van der Waals surface area contributed by atoms with Crippen LogP contribution in [-0.2, 0) is 4.79 Å². The highest BCUT2D eigenvalue weighted by atomic mass is 79.9. The van der Waals surface area contributed by atoms with Crippen molar-refractivity contribution in [3.63, 3.8) is 0 Å². The van der Waals surface area contributed by atoms with E-state index in [1.54, 1.807) is 6.20 Å². The zero-order valence-electron chi connectivity index (χ0n) is 12.9. The fraction of sp³-hybridized carbons (Fsp3) is 0.533. The molecule has 7 nitrogen and oxygen atoms in total. The van der Waals surface area contributed by atoms with Crippen molar-refractivity contribution in [3.05, 3.63) is 22.8 Å². The number of nitrogen functional groups attached to an aromatic ring is 1. The van der Waals surface area contributed by atoms with E-state index in [4.69, 9.17) is 5.73 Å². The molecule has 8 heteroatoms. The maximum atomic E-state index is 12.4. The number of anilines is 1. The molecule has 2 aromatic heterocycles. The number of hydrogen-bond donors (Lipinski definition) is 1. The van der Waals surface area contributed by atoms with E-state index in [0.29, 0.717) is 23.0 Å². The predicted octanol–water partition coefficient (Wildman–Crippen LogP) is 1.09. The lowest BCUT2D eigenvalue weighted by atomic mass is 9.90. The minimum absolute atomic E-state index is 0.217. The Morgan fingerprint density at radius 3 is 3.00 bits per heavy atom. The van der Waals surface area contributed by atoms with Crippen LogP contribution in [0.3, 0.4) is 0 Å². The first-order chi connectivity index (χ1) is 11.0. The van der Waals surface area contributed by atoms with E-state index in [2.05, 4.69) is 30.8 Å². The van der Waals surface area contributed by atoms with Gasteiger partial charge in [0.05, 0.1) is 6.54 Å². The Labute approximate surface area is 142 Å². The van der Waals surface area contributed by atoms with Crippen molar-refractivity contribution in [2.75, 3.05) is 32.4 Å². The molecule has 2 fully saturated rings. The molecular formula is C15H19BrN6O. The van der Waals surface area contributed by atoms with E-state index < -0.39 is 0 Å². The fourth-order valence-corrected chi connectivity index (χ4v) is 4.39. The Balaban J connectivity index is 1.68. The molecule has 2 saturated heterocycles. The minimum atomic E-state index is 0.217. The quantitative estimate of drug-likeness (QED) is 0.803. The highest BCUT2D eigenvalue weighted by Crippen LogP contribution is 2.34. The number of carbonyl (C=O) groups is 1. The molecule has 4 heterocycles. The van der Waals surface area contributed by atoms with Gasteiger partial charge in [0.2, 0.25) is 5.91 Å². The molecule has 0 unspecified atom stereocenters. The predicted molar refractivity (Wildman–Crippen MR) is 90.1 cm³/mol. The molecule has 2 aromatic rings. The first-order valence-corrected chi connectivity index (χ1v) is 8.60. The van der Waals surface area contributed by atoms with Crippen LogP contribution in [0.2, 0.25) is 0 Å². The van der Waals surface area contributed by atoms with Gasteiger partial charge in [0, 0.05) is 37.4 Å². The van der Waals surface area contributed by atoms with E-state index in [9.17, 15) is 4.79 Å². The van der Waals surface area contributed by atoms with Gasteiger partial charge >= 0.3 is 0 Å². The summed E-state index contributed by atoms with van der Waals surface area (Å²) in [6, 6.07) is 0.332. The molecule has 0 bridgehead atoms. The number of fused-ring (bicyclic) bond motifs is 2. The molecule has 0 spiro atoms. The zero-order valence-corrected chi connectivity index (χ0v) is 14.5. The number of hydrogen-bond acceptors (Lipinski definition) is 5. The summed E-state index contributed by atoms with van der Waals surface area (Å²) in [6.45, 7) is 2.19. The standard InChI is InChI=1S/C15H19BrN6O/c1-20-7-10-3-2-9(6-22(10)11(23)8-20)15-19-13(16)12-14(17)18-4-5-21(12)15/h4-5,9-10H,2-3,6-8H2,1H3,(H2,17,18)/t9-,10+/m0/s1. The normalized spacial score (nSPS) is 25.8. The molecule has 0 radical (unpaired) electrons. The Morgan fingerprint density at radius 2 is 2.17 bits per heavy atom. The van der Waals surface area contributed by atoms with Crippen molar-refractivity contribution in [1.29, 1.82) is 0 Å². The molecule has 0 aromatic carbocycles. The average molecular weight is 379 g/mol. The van der Waals surface area contributed by atoms with Gasteiger partial charge in [-0.25, -0.2) is 9.97 Å². The van der Waals surface area contributed by atoms with Crippen LogP contribution in [0.25, 0.3) is 5.52 Å². The summed E-state index contributed by atoms with van der Waals surface area (Å²) in [5.74, 6) is 1.85. The summed E-state index contributed by atoms with van der Waals surface area (Å²) in [5, 5.41) is 0. The molecule has 0 aliphatic carbocycles. The van der Waals surface area contributed by atoms with Gasteiger partial charge in [0.15, 0.2) is 5.82 Å². The lowest BCUT2D eigenvalue weighted by Crippen LogP contribution is -2.58. The van der Waals surface area contributed by atoms with Crippen molar-refractivity contribution in [2.24, 2.45) is 0 Å². The summed E-state index contributed by atoms with van der Waals surface area (Å²) in [5.41, 5.74) is 6.77. The van der Waals surface area contributed by atoms with Crippen molar-refractivity contribution in [3.8, 4) is 0 Å². The highest BCUT2D eigenvalue weighted by molar-refractivity contribution is 9.10. The smallest absolute Gasteiger partial charge is 0.237 e. The molecule has 23 heavy (non-hydrogen) atoms. The second kappa shape index (κ2) is 5.45. The maximum absolute atomic E-state index is 12.4. The highest BCUT2D eigenvalue weighted by Gasteiger charge is 2.37. The second-order valence-electron chi connectivity index (χ2n) is 6.46. The van der Waals surface area contributed by atoms with Crippen LogP contribution in [0, 0.1) is 0 Å². The molecule has 2 N–H and O–H groups in total. The molecule has 0 saturated carbocycles. The number of piperazine rings is 1. The lowest BCUT2D eigenvalue weighted by molar-refractivity contribution is -0.141. The summed E-state index contributed by atoms with van der Waals surface area (Å²) in [6.07, 6.45) is 5.60. The van der Waals surface area contributed by atoms with Crippen molar-refractivity contribution in [2.45, 2.75) is 24.8 Å². The first kappa shape index (κ1) is 14.9. The van der Waals surface area contributed by atoms with Crippen LogP contribution in [0.5, 0.6) is 0 Å². The van der Waals surface area contributed by atoms with Crippen LogP contribution in [0.1, 0.15) is 24.6 Å². The molecule has 1 amide bonds. The topological polar surface area (TPSA) is 79.8 Å². The fourth-order valence-electron chi connectivity index (χ4n) is 3.81. The van der Waals surface area contributed by atoms with E-state index in [1.165, 1.54) is 0 Å². The number of carbonyl (C=O) groups excluding carboxylic acids is 1. The number of piperidine rings is 1. The van der Waals surface area contributed by atoms with Crippen LogP contribution in [-0.4, -0.2) is 62.8 Å². The van der Waals surface area contributed by atoms with Crippen molar-refractivity contribution < 1.29 is 4.79 Å². The zero-order chi connectivity index (χ0) is 16.1. The summed E-state index contributed by atoms with van der Waals surface area (Å²) < 4.78 is 2.71. The number of nitrogens with two attached hydrogens (primary N) is 1. The molecule has 122 valence electrons. The molecule has 2 aliphatic rings. The summed E-state index contributed by atoms with van der Waals surface area (Å²) in [4.78, 5) is 25.3. The summed E-state index contributed by atoms with van der Waals surface area (Å²) in [7, 11) is 2.01. The number of likely N-dealkylation sites (N-methyl/N-ethyl adjacent to an activating group) is 1. The molecule has 2 aliphatic heterocycles. The number of nitrogens with zero attached hydrogens (tertiary/aromatic N) is 5. The van der Waals surface area contributed by atoms with Crippen molar-refractivity contribution >= 4 is 33.2 Å². The van der Waals surface area contributed by atoms with E-state index in [1.807, 2.05) is 22.5 Å². The third-order valence-electron chi connectivity index (χ3n) is 4.89. The third kappa shape index (κ3) is 2.40. The van der Waals surface area contributed by atoms with Gasteiger partial charge in [-0.1, -0.05) is 0 Å². The van der Waals surface area contributed by atoms with Gasteiger partial charge < -0.3 is 10.6 Å². The largest absolute Gasteiger partial charge is 0.382 e. The number of aromatic nitrogens is 3. The monoisotopic (exact) mass is 378 g/mol. The number of rotatable bonds is 1. The van der Waals surface area contributed by atoms with Gasteiger partial charge in [-0.05, 0) is 35.8 Å². The van der Waals surface area contributed by atoms with Crippen LogP contribution in [0.4, 0.5) is 5.82 Å². The Hall–Kier alpha value is -1.67. The van der Waals surface area contributed by atoms with E-state index >= 15 is 0 Å². The first-order valence-electron chi connectivity index (χ1n) is 7.80. The Morgan fingerprint density at radius 1 is 1.35 bits per heavy atom. The SMILES string of the molecule is CN1CC(=O)N2C[C@@H](c3nc(Br)c4c(N)nccn34)CC[C@@H]2C1. The van der Waals surface area contributed by atoms with Crippen molar-refractivity contribution in [1.82, 2.24) is 24.2 Å². The summed E-state index contributed by atoms with van der Waals surface area (Å²) >= 11 is 3.48. The maximum Gasteiger partial charge on any atom is 0.237 e.